The number of carboxylic acid groups (broad SMARTS) is 1. The molecular formula is C13H23N3O4. The molecule has 3 unspecified atom stereocenters. The van der Waals surface area contributed by atoms with Gasteiger partial charge in [-0.05, 0) is 19.4 Å². The van der Waals surface area contributed by atoms with Gasteiger partial charge in [-0.25, -0.2) is 4.79 Å². The molecule has 2 aliphatic heterocycles. The lowest BCUT2D eigenvalue weighted by molar-refractivity contribution is -0.140. The van der Waals surface area contributed by atoms with Crippen LogP contribution in [0.25, 0.3) is 0 Å². The van der Waals surface area contributed by atoms with E-state index in [4.69, 9.17) is 9.84 Å². The number of hydrogen-bond acceptors (Lipinski definition) is 4. The number of amides is 2. The van der Waals surface area contributed by atoms with Crippen LogP contribution in [0.3, 0.4) is 0 Å². The predicted molar refractivity (Wildman–Crippen MR) is 72.5 cm³/mol. The Kier molecular flexibility index (Phi) is 5.19. The van der Waals surface area contributed by atoms with Crippen LogP contribution < -0.4 is 10.6 Å². The van der Waals surface area contributed by atoms with Crippen LogP contribution in [0.5, 0.6) is 0 Å². The van der Waals surface area contributed by atoms with Crippen molar-refractivity contribution in [2.24, 2.45) is 5.92 Å². The second-order valence-electron chi connectivity index (χ2n) is 5.58. The Morgan fingerprint density at radius 3 is 3.00 bits per heavy atom. The van der Waals surface area contributed by atoms with Gasteiger partial charge in [0.25, 0.3) is 0 Å². The van der Waals surface area contributed by atoms with Crippen LogP contribution in [0.15, 0.2) is 0 Å². The molecule has 0 bridgehead atoms. The molecule has 20 heavy (non-hydrogen) atoms. The highest BCUT2D eigenvalue weighted by molar-refractivity contribution is 5.75. The van der Waals surface area contributed by atoms with Crippen LogP contribution in [0.1, 0.15) is 19.8 Å². The Labute approximate surface area is 118 Å². The Bertz CT molecular complexity index is 364. The molecule has 7 nitrogen and oxygen atoms in total. The van der Waals surface area contributed by atoms with E-state index in [-0.39, 0.29) is 18.7 Å². The van der Waals surface area contributed by atoms with Crippen LogP contribution in [0, 0.1) is 5.92 Å². The van der Waals surface area contributed by atoms with Crippen molar-refractivity contribution in [2.45, 2.75) is 31.9 Å². The molecule has 3 atom stereocenters. The molecule has 2 rings (SSSR count). The molecular weight excluding hydrogens is 262 g/mol. The number of morpholine rings is 1. The van der Waals surface area contributed by atoms with Gasteiger partial charge in [0.1, 0.15) is 0 Å². The quantitative estimate of drug-likeness (QED) is 0.654. The van der Waals surface area contributed by atoms with Gasteiger partial charge in [-0.2, -0.15) is 0 Å². The second-order valence-corrected chi connectivity index (χ2v) is 5.58. The summed E-state index contributed by atoms with van der Waals surface area (Å²) in [6.45, 7) is 4.85. The number of nitrogens with zero attached hydrogens (tertiary/aromatic N) is 1. The van der Waals surface area contributed by atoms with Crippen molar-refractivity contribution >= 4 is 12.0 Å². The minimum absolute atomic E-state index is 0.0204. The lowest BCUT2D eigenvalue weighted by Gasteiger charge is -2.35. The first-order valence-corrected chi connectivity index (χ1v) is 7.16. The summed E-state index contributed by atoms with van der Waals surface area (Å²) >= 11 is 0. The molecule has 2 amide bonds. The Morgan fingerprint density at radius 2 is 2.25 bits per heavy atom. The molecule has 2 aliphatic rings. The number of carboxylic acids is 1. The minimum Gasteiger partial charge on any atom is -0.481 e. The first-order valence-electron chi connectivity index (χ1n) is 7.16. The normalized spacial score (nSPS) is 27.6. The summed E-state index contributed by atoms with van der Waals surface area (Å²) < 4.78 is 5.73. The Hall–Kier alpha value is -1.34. The van der Waals surface area contributed by atoms with E-state index in [1.54, 1.807) is 6.92 Å². The summed E-state index contributed by atoms with van der Waals surface area (Å²) in [5, 5.41) is 14.0. The van der Waals surface area contributed by atoms with Gasteiger partial charge >= 0.3 is 12.0 Å². The topological polar surface area (TPSA) is 90.9 Å². The van der Waals surface area contributed by atoms with E-state index in [9.17, 15) is 9.59 Å². The van der Waals surface area contributed by atoms with Crippen molar-refractivity contribution in [3.8, 4) is 0 Å². The van der Waals surface area contributed by atoms with Crippen LogP contribution in [0.4, 0.5) is 4.79 Å². The first-order chi connectivity index (χ1) is 9.56. The van der Waals surface area contributed by atoms with Crippen LogP contribution in [-0.2, 0) is 9.53 Å². The zero-order chi connectivity index (χ0) is 14.5. The number of hydrogen-bond donors (Lipinski definition) is 3. The molecule has 0 aliphatic carbocycles. The summed E-state index contributed by atoms with van der Waals surface area (Å²) in [6, 6.07) is 0.210. The number of aliphatic carboxylic acids is 1. The molecule has 0 aromatic carbocycles. The highest BCUT2D eigenvalue weighted by atomic mass is 16.5. The number of nitrogens with one attached hydrogen (secondary N) is 2. The third-order valence-corrected chi connectivity index (χ3v) is 3.94. The van der Waals surface area contributed by atoms with E-state index >= 15 is 0 Å². The summed E-state index contributed by atoms with van der Waals surface area (Å²) in [7, 11) is 0. The highest BCUT2D eigenvalue weighted by Crippen LogP contribution is 2.22. The van der Waals surface area contributed by atoms with Gasteiger partial charge < -0.3 is 20.5 Å². The number of ether oxygens (including phenoxy) is 1. The van der Waals surface area contributed by atoms with Gasteiger partial charge in [0, 0.05) is 25.7 Å². The molecule has 2 heterocycles. The number of fused-ring (bicyclic) bond motifs is 1. The molecule has 7 heteroatoms. The van der Waals surface area contributed by atoms with Gasteiger partial charge in [0.15, 0.2) is 0 Å². The summed E-state index contributed by atoms with van der Waals surface area (Å²) in [6.07, 6.45) is 2.45. The molecule has 0 aromatic heterocycles. The van der Waals surface area contributed by atoms with Crippen LogP contribution in [-0.4, -0.2) is 66.9 Å². The van der Waals surface area contributed by atoms with E-state index in [1.807, 2.05) is 0 Å². The monoisotopic (exact) mass is 285 g/mol. The third-order valence-electron chi connectivity index (χ3n) is 3.94. The molecule has 0 saturated carbocycles. The smallest absolute Gasteiger partial charge is 0.314 e. The predicted octanol–water partition coefficient (Wildman–Crippen LogP) is -0.130. The zero-order valence-corrected chi connectivity index (χ0v) is 11.8. The van der Waals surface area contributed by atoms with Gasteiger partial charge in [0.2, 0.25) is 0 Å². The number of rotatable bonds is 5. The lowest BCUT2D eigenvalue weighted by Crippen LogP contribution is -2.51. The average molecular weight is 285 g/mol. The molecule has 0 spiro atoms. The number of urea groups is 1. The largest absolute Gasteiger partial charge is 0.481 e. The van der Waals surface area contributed by atoms with Crippen molar-refractivity contribution in [1.29, 1.82) is 0 Å². The fraction of sp³-hybridized carbons (Fsp3) is 0.846. The summed E-state index contributed by atoms with van der Waals surface area (Å²) in [5.41, 5.74) is 0. The van der Waals surface area contributed by atoms with Crippen molar-refractivity contribution in [1.82, 2.24) is 15.5 Å². The lowest BCUT2D eigenvalue weighted by atomic mass is 10.2. The summed E-state index contributed by atoms with van der Waals surface area (Å²) in [5.74, 6) is -1.50. The molecule has 3 N–H and O–H groups in total. The first kappa shape index (κ1) is 15.1. The van der Waals surface area contributed by atoms with Crippen LogP contribution in [0.2, 0.25) is 0 Å². The van der Waals surface area contributed by atoms with Crippen molar-refractivity contribution in [2.75, 3.05) is 32.8 Å². The minimum atomic E-state index is -0.916. The number of carbonyl (C=O) groups is 2. The Morgan fingerprint density at radius 1 is 1.45 bits per heavy atom. The maximum atomic E-state index is 11.6. The van der Waals surface area contributed by atoms with Gasteiger partial charge in [-0.3, -0.25) is 9.69 Å². The number of carbonyl (C=O) groups excluding carboxylic acids is 1. The molecule has 2 saturated heterocycles. The van der Waals surface area contributed by atoms with E-state index < -0.39 is 11.9 Å². The SMILES string of the molecule is CC(CNC(=O)NCC1CN2CCCC2CO1)C(=O)O. The third kappa shape index (κ3) is 4.08. The van der Waals surface area contributed by atoms with Crippen molar-refractivity contribution < 1.29 is 19.4 Å². The Balaban J connectivity index is 1.62. The molecule has 0 aromatic rings. The fourth-order valence-corrected chi connectivity index (χ4v) is 2.61. The van der Waals surface area contributed by atoms with E-state index in [2.05, 4.69) is 15.5 Å². The molecule has 0 radical (unpaired) electrons. The summed E-state index contributed by atoms with van der Waals surface area (Å²) in [4.78, 5) is 24.6. The van der Waals surface area contributed by atoms with Crippen molar-refractivity contribution in [3.05, 3.63) is 0 Å². The highest BCUT2D eigenvalue weighted by Gasteiger charge is 2.32. The molecule has 2 fully saturated rings. The van der Waals surface area contributed by atoms with E-state index in [1.165, 1.54) is 12.8 Å². The van der Waals surface area contributed by atoms with Gasteiger partial charge in [-0.15, -0.1) is 0 Å². The van der Waals surface area contributed by atoms with Gasteiger partial charge in [0.05, 0.1) is 18.6 Å². The maximum Gasteiger partial charge on any atom is 0.314 e. The zero-order valence-electron chi connectivity index (χ0n) is 11.8. The van der Waals surface area contributed by atoms with Gasteiger partial charge in [-0.1, -0.05) is 6.92 Å². The molecule has 114 valence electrons. The van der Waals surface area contributed by atoms with E-state index in [0.29, 0.717) is 12.6 Å². The second kappa shape index (κ2) is 6.90. The average Bonchev–Trinajstić information content (AvgIpc) is 2.89. The fourth-order valence-electron chi connectivity index (χ4n) is 2.61. The van der Waals surface area contributed by atoms with E-state index in [0.717, 1.165) is 19.7 Å². The maximum absolute atomic E-state index is 11.6. The van der Waals surface area contributed by atoms with Crippen molar-refractivity contribution in [3.63, 3.8) is 0 Å². The van der Waals surface area contributed by atoms with Crippen LogP contribution >= 0.6 is 0 Å². The standard InChI is InChI=1S/C13H23N3O4/c1-9(12(17)18)5-14-13(19)15-6-11-7-16-4-2-3-10(16)8-20-11/h9-11H,2-8H2,1H3,(H,17,18)(H2,14,15,19).